The third kappa shape index (κ3) is 3.41. The minimum atomic E-state index is -1.66. The SMILES string of the molecule is [B]c1nc(N)c2nc(-c3cccc(C#C[C@@]4(O)C[C@H](C)N(C)C4=O)c3)ccc2n1. The van der Waals surface area contributed by atoms with Crippen molar-refractivity contribution in [2.45, 2.75) is 25.0 Å². The van der Waals surface area contributed by atoms with E-state index in [9.17, 15) is 9.90 Å². The average molecular weight is 383 g/mol. The van der Waals surface area contributed by atoms with Crippen molar-refractivity contribution in [1.29, 1.82) is 0 Å². The number of nitrogens with zero attached hydrogens (tertiary/aromatic N) is 4. The Hall–Kier alpha value is -3.44. The molecular weight excluding hydrogens is 365 g/mol. The molecule has 2 aromatic heterocycles. The number of nitrogen functional groups attached to an aromatic ring is 1. The van der Waals surface area contributed by atoms with Crippen LogP contribution in [-0.4, -0.2) is 57.4 Å². The summed E-state index contributed by atoms with van der Waals surface area (Å²) in [6, 6.07) is 10.9. The Labute approximate surface area is 169 Å². The largest absolute Gasteiger partial charge is 0.382 e. The van der Waals surface area contributed by atoms with Crippen molar-refractivity contribution in [3.05, 3.63) is 42.0 Å². The topological polar surface area (TPSA) is 105 Å². The van der Waals surface area contributed by atoms with E-state index in [1.807, 2.05) is 37.3 Å². The summed E-state index contributed by atoms with van der Waals surface area (Å²) in [7, 11) is 7.29. The highest BCUT2D eigenvalue weighted by molar-refractivity contribution is 6.29. The second kappa shape index (κ2) is 6.87. The van der Waals surface area contributed by atoms with Crippen LogP contribution < -0.4 is 11.5 Å². The molecule has 0 aliphatic carbocycles. The van der Waals surface area contributed by atoms with Crippen molar-refractivity contribution in [2.75, 3.05) is 12.8 Å². The van der Waals surface area contributed by atoms with Crippen molar-refractivity contribution in [3.63, 3.8) is 0 Å². The molecule has 4 rings (SSSR count). The molecule has 142 valence electrons. The van der Waals surface area contributed by atoms with Gasteiger partial charge in [-0.05, 0) is 31.2 Å². The number of likely N-dealkylation sites (tertiary alicyclic amines) is 1. The lowest BCUT2D eigenvalue weighted by Crippen LogP contribution is -2.37. The standard InChI is InChI=1S/C21H18BN5O2/c1-12-11-21(29,19(28)27(12)2)9-8-13-4-3-5-14(10-13)15-6-7-16-17(24-15)18(23)26-20(22)25-16/h3-7,10,12,29H,11H2,1-2H3,(H2,23,25,26)/t12-,21+/m0/s1. The zero-order valence-corrected chi connectivity index (χ0v) is 16.0. The van der Waals surface area contributed by atoms with Crippen molar-refractivity contribution < 1.29 is 9.90 Å². The summed E-state index contributed by atoms with van der Waals surface area (Å²) in [5.41, 5.74) is 7.54. The molecule has 8 heteroatoms. The van der Waals surface area contributed by atoms with E-state index in [4.69, 9.17) is 13.6 Å². The molecule has 1 amide bonds. The molecule has 3 N–H and O–H groups in total. The second-order valence-corrected chi connectivity index (χ2v) is 7.19. The monoisotopic (exact) mass is 383 g/mol. The summed E-state index contributed by atoms with van der Waals surface area (Å²) in [4.78, 5) is 26.4. The minimum Gasteiger partial charge on any atom is -0.382 e. The van der Waals surface area contributed by atoms with Gasteiger partial charge in [-0.25, -0.2) is 15.0 Å². The molecule has 3 aromatic rings. The van der Waals surface area contributed by atoms with Crippen LogP contribution in [-0.2, 0) is 4.79 Å². The van der Waals surface area contributed by atoms with Gasteiger partial charge in [0.15, 0.2) is 13.7 Å². The summed E-state index contributed by atoms with van der Waals surface area (Å²) in [5.74, 6) is 5.51. The molecule has 1 saturated heterocycles. The number of hydrogen-bond acceptors (Lipinski definition) is 6. The van der Waals surface area contributed by atoms with Crippen LogP contribution in [0.1, 0.15) is 18.9 Å². The number of anilines is 1. The molecule has 1 aliphatic heterocycles. The summed E-state index contributed by atoms with van der Waals surface area (Å²) in [6.07, 6.45) is 0.281. The molecule has 2 atom stereocenters. The Balaban J connectivity index is 1.69. The van der Waals surface area contributed by atoms with Crippen molar-refractivity contribution in [3.8, 4) is 23.1 Å². The lowest BCUT2D eigenvalue weighted by molar-refractivity contribution is -0.138. The Kier molecular flexibility index (Phi) is 4.48. The maximum Gasteiger partial charge on any atom is 0.267 e. The second-order valence-electron chi connectivity index (χ2n) is 7.19. The van der Waals surface area contributed by atoms with Gasteiger partial charge in [-0.15, -0.1) is 0 Å². The van der Waals surface area contributed by atoms with Crippen LogP contribution in [0.15, 0.2) is 36.4 Å². The van der Waals surface area contributed by atoms with Crippen LogP contribution in [0.5, 0.6) is 0 Å². The summed E-state index contributed by atoms with van der Waals surface area (Å²) in [5, 5.41) is 10.6. The average Bonchev–Trinajstić information content (AvgIpc) is 2.89. The molecule has 0 saturated carbocycles. The third-order valence-corrected chi connectivity index (χ3v) is 5.08. The van der Waals surface area contributed by atoms with Gasteiger partial charge in [0, 0.05) is 30.6 Å². The molecule has 1 fully saturated rings. The van der Waals surface area contributed by atoms with E-state index in [-0.39, 0.29) is 29.9 Å². The number of rotatable bonds is 1. The van der Waals surface area contributed by atoms with Gasteiger partial charge in [-0.1, -0.05) is 24.0 Å². The number of fused-ring (bicyclic) bond motifs is 1. The van der Waals surface area contributed by atoms with Gasteiger partial charge in [0.05, 0.1) is 16.9 Å². The molecule has 3 heterocycles. The fraction of sp³-hybridized carbons (Fsp3) is 0.238. The Morgan fingerprint density at radius 1 is 1.28 bits per heavy atom. The van der Waals surface area contributed by atoms with Crippen LogP contribution in [0.2, 0.25) is 0 Å². The van der Waals surface area contributed by atoms with Gasteiger partial charge in [0.1, 0.15) is 5.52 Å². The van der Waals surface area contributed by atoms with Gasteiger partial charge in [0.25, 0.3) is 5.91 Å². The number of carbonyl (C=O) groups is 1. The number of pyridine rings is 1. The normalized spacial score (nSPS) is 21.3. The van der Waals surface area contributed by atoms with Gasteiger partial charge in [-0.2, -0.15) is 0 Å². The number of amides is 1. The predicted octanol–water partition coefficient (Wildman–Crippen LogP) is 0.401. The highest BCUT2D eigenvalue weighted by Gasteiger charge is 2.46. The summed E-state index contributed by atoms with van der Waals surface area (Å²) in [6.45, 7) is 1.88. The zero-order valence-electron chi connectivity index (χ0n) is 16.0. The lowest BCUT2D eigenvalue weighted by Gasteiger charge is -2.14. The Morgan fingerprint density at radius 2 is 2.07 bits per heavy atom. The number of likely N-dealkylation sites (N-methyl/N-ethyl adjacent to an activating group) is 1. The number of nitrogens with two attached hydrogens (primary N) is 1. The van der Waals surface area contributed by atoms with E-state index in [1.165, 1.54) is 4.90 Å². The molecule has 0 spiro atoms. The Bertz CT molecular complexity index is 1200. The first kappa shape index (κ1) is 18.9. The maximum atomic E-state index is 12.3. The molecule has 2 radical (unpaired) electrons. The molecule has 1 aliphatic rings. The van der Waals surface area contributed by atoms with E-state index in [0.717, 1.165) is 5.56 Å². The first-order chi connectivity index (χ1) is 13.8. The molecule has 0 unspecified atom stereocenters. The number of aromatic nitrogens is 3. The highest BCUT2D eigenvalue weighted by Crippen LogP contribution is 2.27. The fourth-order valence-electron chi connectivity index (χ4n) is 3.40. The molecule has 1 aromatic carbocycles. The van der Waals surface area contributed by atoms with E-state index < -0.39 is 5.60 Å². The fourth-order valence-corrected chi connectivity index (χ4v) is 3.40. The quantitative estimate of drug-likeness (QED) is 0.466. The van der Waals surface area contributed by atoms with Crippen LogP contribution >= 0.6 is 0 Å². The molecule has 29 heavy (non-hydrogen) atoms. The molecule has 7 nitrogen and oxygen atoms in total. The lowest BCUT2D eigenvalue weighted by atomic mass is 10.00. The van der Waals surface area contributed by atoms with Crippen molar-refractivity contribution in [1.82, 2.24) is 19.9 Å². The van der Waals surface area contributed by atoms with Gasteiger partial charge >= 0.3 is 0 Å². The maximum absolute atomic E-state index is 12.3. The number of carbonyl (C=O) groups excluding carboxylic acids is 1. The minimum absolute atomic E-state index is 0.0587. The number of benzene rings is 1. The van der Waals surface area contributed by atoms with Crippen LogP contribution in [0.4, 0.5) is 5.82 Å². The number of aliphatic hydroxyl groups is 1. The van der Waals surface area contributed by atoms with Crippen LogP contribution in [0.3, 0.4) is 0 Å². The van der Waals surface area contributed by atoms with E-state index in [0.29, 0.717) is 22.3 Å². The zero-order chi connectivity index (χ0) is 20.8. The van der Waals surface area contributed by atoms with Crippen LogP contribution in [0.25, 0.3) is 22.3 Å². The van der Waals surface area contributed by atoms with Gasteiger partial charge < -0.3 is 15.7 Å². The first-order valence-electron chi connectivity index (χ1n) is 9.10. The first-order valence-corrected chi connectivity index (χ1v) is 9.10. The van der Waals surface area contributed by atoms with Crippen molar-refractivity contribution in [2.24, 2.45) is 0 Å². The van der Waals surface area contributed by atoms with Crippen molar-refractivity contribution >= 4 is 36.3 Å². The van der Waals surface area contributed by atoms with Gasteiger partial charge in [0.2, 0.25) is 5.60 Å². The third-order valence-electron chi connectivity index (χ3n) is 5.08. The van der Waals surface area contributed by atoms with Crippen LogP contribution in [0, 0.1) is 11.8 Å². The summed E-state index contributed by atoms with van der Waals surface area (Å²) < 4.78 is 0. The van der Waals surface area contributed by atoms with Gasteiger partial charge in [-0.3, -0.25) is 4.79 Å². The van der Waals surface area contributed by atoms with E-state index in [2.05, 4.69) is 26.8 Å². The summed E-state index contributed by atoms with van der Waals surface area (Å²) >= 11 is 0. The predicted molar refractivity (Wildman–Crippen MR) is 111 cm³/mol. The molecule has 0 bridgehead atoms. The van der Waals surface area contributed by atoms with E-state index in [1.54, 1.807) is 13.1 Å². The highest BCUT2D eigenvalue weighted by atomic mass is 16.3. The number of hydrogen-bond donors (Lipinski definition) is 2. The smallest absolute Gasteiger partial charge is 0.267 e. The van der Waals surface area contributed by atoms with E-state index >= 15 is 0 Å². The Morgan fingerprint density at radius 3 is 2.79 bits per heavy atom. The molecular formula is C21H18BN5O2.